The summed E-state index contributed by atoms with van der Waals surface area (Å²) in [6.45, 7) is 16.8. The highest BCUT2D eigenvalue weighted by Crippen LogP contribution is 2.50. The van der Waals surface area contributed by atoms with Crippen molar-refractivity contribution in [1.82, 2.24) is 26.3 Å². The number of carbonyl (C=O) groups excluding carboxylic acids is 7. The third kappa shape index (κ3) is 21.5. The van der Waals surface area contributed by atoms with Crippen LogP contribution in [0.25, 0.3) is 0 Å². The third-order valence-electron chi connectivity index (χ3n) is 18.6. The molecule has 32 nitrogen and oxygen atoms in total. The molecule has 13 N–H and O–H groups in total. The van der Waals surface area contributed by atoms with Crippen LogP contribution in [0.2, 0.25) is 0 Å². The van der Waals surface area contributed by atoms with Crippen LogP contribution in [0.5, 0.6) is 17.2 Å². The number of nitrogens with one attached hydrogen (secondary N) is 4. The molecule has 105 heavy (non-hydrogen) atoms. The van der Waals surface area contributed by atoms with Crippen molar-refractivity contribution in [2.45, 2.75) is 233 Å². The number of thioether (sulfide) groups is 1. The van der Waals surface area contributed by atoms with Gasteiger partial charge in [0.15, 0.2) is 36.2 Å². The predicted molar refractivity (Wildman–Crippen MR) is 391 cm³/mol. The number of nitrogens with two attached hydrogens (primary N) is 2. The molecule has 4 heterocycles. The lowest BCUT2D eigenvalue weighted by atomic mass is 9.64. The van der Waals surface area contributed by atoms with E-state index < -0.39 is 205 Å². The maximum Gasteiger partial charge on any atom is 0.407 e. The molecule has 0 spiro atoms. The number of Topliss-reactive ketones (excluding diaryl/α,β-unsaturated/α-hetero) is 1. The molecule has 4 saturated heterocycles. The Hall–Kier alpha value is -5.15. The average molecular weight is 1650 g/mol. The van der Waals surface area contributed by atoms with E-state index in [4.69, 9.17) is 73.1 Å². The highest BCUT2D eigenvalue weighted by atomic mass is 127. The van der Waals surface area contributed by atoms with Gasteiger partial charge in [-0.25, -0.2) is 4.79 Å². The molecule has 20 unspecified atom stereocenters. The molecule has 5 fully saturated rings. The first-order chi connectivity index (χ1) is 49.6. The molecule has 1 aromatic carbocycles. The zero-order valence-corrected chi connectivity index (χ0v) is 65.9. The highest BCUT2D eigenvalue weighted by molar-refractivity contribution is 14.1. The number of ketones is 1. The molecule has 6 aliphatic rings. The van der Waals surface area contributed by atoms with E-state index >= 15 is 0 Å². The Bertz CT molecular complexity index is 3430. The molecule has 5 amide bonds. The highest BCUT2D eigenvalue weighted by Gasteiger charge is 2.57. The molecule has 0 aromatic heterocycles. The van der Waals surface area contributed by atoms with Crippen LogP contribution in [0.15, 0.2) is 23.8 Å². The second kappa shape index (κ2) is 39.0. The minimum absolute atomic E-state index is 0.000906. The standard InChI is InChI=1S/C69H100IN7O25S3/c1-16-77(45(81)29-73-62(85)33(4)74-63(86)38(71)25-44(72)80)39-30-95-46(27-43(39)90-11)100-59-54(83)51(34(5)97-66(59)99-42-22-20-18-17-19-21-31(2)69(89)28-41(79)52(75-67(88)94-15)49(42)37(69)23-24-103-105-68(8,9)10)76-102-47-26-40(78)61(36(7)96-47)104-64(87)48-32(3)50(70)57(60(93-14)56(48)91-12)101-65-55(84)58(92-13)53(82)35(6)98-65/h17-18,23,31,33-36,38-40,42-43,46-47,49,51-55,58-59,61,65-66,76,78,82-84,89H,16,24-30,71H2,1-15H3,(H2,72,80)(H,73,85)(H,74,86)(H,75,88)/b18-17-,37-23+/t31?,33-,34?,35?,36?,38-,39?,40?,42-,43?,46?,47?,49?,51?,52?,53?,54?,55?,58?,59?,61?,65?,66?,69+/m0/s1. The van der Waals surface area contributed by atoms with Gasteiger partial charge >= 0.3 is 6.09 Å². The summed E-state index contributed by atoms with van der Waals surface area (Å²) in [5.41, 5.74) is 12.6. The molecule has 4 aliphatic heterocycles. The number of aliphatic hydroxyl groups excluding tert-OH is 4. The Kier molecular flexibility index (Phi) is 32.3. The van der Waals surface area contributed by atoms with Crippen molar-refractivity contribution in [3.63, 3.8) is 0 Å². The summed E-state index contributed by atoms with van der Waals surface area (Å²) in [7, 11) is 9.64. The Morgan fingerprint density at radius 2 is 1.53 bits per heavy atom. The zero-order chi connectivity index (χ0) is 77.7. The molecule has 1 saturated carbocycles. The number of aliphatic hydroxyl groups is 5. The summed E-state index contributed by atoms with van der Waals surface area (Å²) in [6.07, 6.45) is -16.2. The van der Waals surface area contributed by atoms with E-state index in [1.165, 1.54) is 63.2 Å². The van der Waals surface area contributed by atoms with Gasteiger partial charge < -0.3 is 115 Å². The minimum atomic E-state index is -1.94. The van der Waals surface area contributed by atoms with Crippen molar-refractivity contribution in [1.29, 1.82) is 0 Å². The first-order valence-corrected chi connectivity index (χ1v) is 38.4. The maximum absolute atomic E-state index is 14.7. The fourth-order valence-corrected chi connectivity index (χ4v) is 16.9. The first-order valence-electron chi connectivity index (χ1n) is 34.2. The van der Waals surface area contributed by atoms with Gasteiger partial charge in [0.05, 0.1) is 110 Å². The quantitative estimate of drug-likeness (QED) is 0.0140. The summed E-state index contributed by atoms with van der Waals surface area (Å²) >= 11 is 2.76. The summed E-state index contributed by atoms with van der Waals surface area (Å²) < 4.78 is 73.4. The Morgan fingerprint density at radius 3 is 2.15 bits per heavy atom. The molecule has 36 heteroatoms. The Morgan fingerprint density at radius 1 is 0.857 bits per heavy atom. The van der Waals surface area contributed by atoms with Gasteiger partial charge in [-0.1, -0.05) is 83.9 Å². The van der Waals surface area contributed by atoms with Crippen LogP contribution in [-0.4, -0.2) is 270 Å². The zero-order valence-electron chi connectivity index (χ0n) is 61.3. The second-order valence-corrected chi connectivity index (χ2v) is 32.4. The van der Waals surface area contributed by atoms with E-state index in [2.05, 4.69) is 45.1 Å². The fraction of sp³-hybridized carbons (Fsp3) is 0.696. The number of rotatable bonds is 28. The van der Waals surface area contributed by atoms with Crippen molar-refractivity contribution in [2.75, 3.05) is 61.0 Å². The number of hydrogen-bond donors (Lipinski definition) is 11. The predicted octanol–water partition coefficient (Wildman–Crippen LogP) is 1.15. The average Bonchev–Trinajstić information content (AvgIpc) is 1.15. The number of methoxy groups -OCH3 is 5. The van der Waals surface area contributed by atoms with Crippen molar-refractivity contribution in [3.05, 3.63) is 38.5 Å². The molecule has 7 rings (SSSR count). The van der Waals surface area contributed by atoms with Gasteiger partial charge in [0.2, 0.25) is 40.8 Å². The van der Waals surface area contributed by atoms with Gasteiger partial charge in [0.25, 0.3) is 0 Å². The van der Waals surface area contributed by atoms with E-state index in [1.807, 2.05) is 43.4 Å². The van der Waals surface area contributed by atoms with Crippen LogP contribution in [0, 0.1) is 46.0 Å². The van der Waals surface area contributed by atoms with Crippen molar-refractivity contribution < 1.29 is 121 Å². The van der Waals surface area contributed by atoms with E-state index in [0.29, 0.717) is 14.9 Å². The largest absolute Gasteiger partial charge is 0.492 e. The number of benzene rings is 1. The van der Waals surface area contributed by atoms with Crippen LogP contribution in [0.4, 0.5) is 4.79 Å². The number of alkyl carbamates (subject to hydrolysis) is 1. The number of halogens is 1. The van der Waals surface area contributed by atoms with Crippen molar-refractivity contribution >= 4 is 96.6 Å². The van der Waals surface area contributed by atoms with Crippen LogP contribution in [0.1, 0.15) is 104 Å². The number of ether oxygens (including phenoxy) is 12. The number of carbonyl (C=O) groups is 7. The Balaban J connectivity index is 1.16. The Labute approximate surface area is 636 Å². The van der Waals surface area contributed by atoms with Gasteiger partial charge in [-0.2, -0.15) is 5.48 Å². The number of nitrogens with zero attached hydrogens (tertiary/aromatic N) is 1. The lowest BCUT2D eigenvalue weighted by Gasteiger charge is -2.49. The number of hydroxylamine groups is 1. The number of allylic oxidation sites excluding steroid dienone is 2. The topological polar surface area (TPSA) is 444 Å². The first kappa shape index (κ1) is 87.1. The molecule has 586 valence electrons. The number of amides is 5. The van der Waals surface area contributed by atoms with Crippen molar-refractivity contribution in [2.24, 2.45) is 23.3 Å². The summed E-state index contributed by atoms with van der Waals surface area (Å²) in [6, 6.07) is -5.91. The van der Waals surface area contributed by atoms with E-state index in [1.54, 1.807) is 58.4 Å². The van der Waals surface area contributed by atoms with E-state index in [-0.39, 0.29) is 59.1 Å². The molecular weight excluding hydrogens is 1550 g/mol. The monoisotopic (exact) mass is 1650 g/mol. The second-order valence-electron chi connectivity index (χ2n) is 27.0. The summed E-state index contributed by atoms with van der Waals surface area (Å²) in [5.74, 6) is 6.72. The van der Waals surface area contributed by atoms with Gasteiger partial charge in [-0.3, -0.25) is 33.6 Å². The number of likely N-dealkylation sites (N-methyl/N-ethyl adjacent to an activating group) is 1. The van der Waals surface area contributed by atoms with Crippen LogP contribution >= 0.6 is 55.9 Å². The number of primary amides is 1. The molecule has 1 aromatic rings. The normalized spacial score (nSPS) is 33.9. The summed E-state index contributed by atoms with van der Waals surface area (Å²) in [5, 5.41) is 65.7. The number of fused-ring (bicyclic) bond motifs is 2. The van der Waals surface area contributed by atoms with Gasteiger partial charge in [-0.05, 0) is 94.3 Å². The van der Waals surface area contributed by atoms with Crippen LogP contribution in [0.3, 0.4) is 0 Å². The maximum atomic E-state index is 14.7. The van der Waals surface area contributed by atoms with E-state index in [0.717, 1.165) is 18.9 Å². The van der Waals surface area contributed by atoms with Crippen molar-refractivity contribution in [3.8, 4) is 40.9 Å². The summed E-state index contributed by atoms with van der Waals surface area (Å²) in [4.78, 5) is 101. The molecule has 2 aliphatic carbocycles. The number of hydrogen-bond acceptors (Lipinski definition) is 30. The molecule has 0 radical (unpaired) electrons. The third-order valence-corrected chi connectivity index (χ3v) is 24.5. The molecule has 2 bridgehead atoms. The SMILES string of the molecule is CCN(C(=O)CNC(=O)[C@H](C)NC(=O)[C@@H](N)CC(N)=O)C1COC(OC2C(O[C@H]3C#C/C=C\C#CC(C)[C@]4(O)CC(=O)C(NC(=O)OC)C3/C4=C\CSSC(C)(C)C)OC(C)C(NOC3CC(O)C(SC(=O)c4c(C)c(I)c(OC5OC(C)C(O)C(OC)C5O)c(OC)c4OC)C(C)O3)C2O)CC1OC. The molecular formula is C69H100IN7O25S3. The van der Waals surface area contributed by atoms with Crippen LogP contribution in [-0.2, 0) is 71.4 Å². The lowest BCUT2D eigenvalue weighted by Crippen LogP contribution is -2.66. The van der Waals surface area contributed by atoms with Gasteiger partial charge in [0, 0.05) is 56.4 Å². The van der Waals surface area contributed by atoms with Crippen LogP contribution < -0.4 is 47.1 Å². The minimum Gasteiger partial charge on any atom is -0.492 e. The molecule has 24 atom stereocenters. The fourth-order valence-electron chi connectivity index (χ4n) is 13.0. The van der Waals surface area contributed by atoms with Gasteiger partial charge in [-0.15, -0.1) is 0 Å². The lowest BCUT2D eigenvalue weighted by molar-refractivity contribution is -0.340. The van der Waals surface area contributed by atoms with E-state index in [9.17, 15) is 59.1 Å². The smallest absolute Gasteiger partial charge is 0.407 e. The van der Waals surface area contributed by atoms with Gasteiger partial charge in [0.1, 0.15) is 54.3 Å².